The number of hydrogen-bond donors (Lipinski definition) is 0. The van der Waals surface area contributed by atoms with Gasteiger partial charge in [-0.15, -0.1) is 0 Å². The normalized spacial score (nSPS) is 15.7. The lowest BCUT2D eigenvalue weighted by atomic mass is 10.0. The standard InChI is InChI=1S/C15H15N3/c1-10-6-4-5-7-11(10)13-14-12(8-9-16-13)17-15(2,3)18-14/h4-9H,1-3H3. The molecule has 0 unspecified atom stereocenters. The molecule has 2 heterocycles. The first kappa shape index (κ1) is 11.1. The fourth-order valence-electron chi connectivity index (χ4n) is 2.27. The van der Waals surface area contributed by atoms with Gasteiger partial charge in [0.2, 0.25) is 0 Å². The maximum atomic E-state index is 4.67. The van der Waals surface area contributed by atoms with Gasteiger partial charge in [-0.05, 0) is 32.4 Å². The number of pyridine rings is 1. The van der Waals surface area contributed by atoms with Crippen molar-refractivity contribution in [2.24, 2.45) is 9.98 Å². The molecule has 1 aliphatic heterocycles. The number of benzene rings is 1. The third-order valence-corrected chi connectivity index (χ3v) is 3.08. The zero-order valence-electron chi connectivity index (χ0n) is 10.8. The summed E-state index contributed by atoms with van der Waals surface area (Å²) in [6, 6.07) is 10.2. The zero-order chi connectivity index (χ0) is 12.8. The maximum absolute atomic E-state index is 4.67. The first-order chi connectivity index (χ1) is 8.57. The predicted molar refractivity (Wildman–Crippen MR) is 70.8 cm³/mol. The molecule has 0 radical (unpaired) electrons. The first-order valence-corrected chi connectivity index (χ1v) is 6.08. The molecule has 18 heavy (non-hydrogen) atoms. The molecular formula is C15H15N3. The zero-order valence-corrected chi connectivity index (χ0v) is 10.8. The van der Waals surface area contributed by atoms with Gasteiger partial charge in [-0.3, -0.25) is 15.0 Å². The van der Waals surface area contributed by atoms with Gasteiger partial charge < -0.3 is 0 Å². The lowest BCUT2D eigenvalue weighted by molar-refractivity contribution is 0.549. The van der Waals surface area contributed by atoms with Crippen molar-refractivity contribution in [3.8, 4) is 11.3 Å². The minimum atomic E-state index is -0.372. The summed E-state index contributed by atoms with van der Waals surface area (Å²) in [7, 11) is 0. The van der Waals surface area contributed by atoms with Crippen LogP contribution in [0.2, 0.25) is 0 Å². The lowest BCUT2D eigenvalue weighted by Gasteiger charge is -2.07. The SMILES string of the molecule is Cc1ccccc1-c1nccc2c1=NC(C)(C)N=2. The van der Waals surface area contributed by atoms with E-state index in [4.69, 9.17) is 0 Å². The predicted octanol–water partition coefficient (Wildman–Crippen LogP) is 2.05. The quantitative estimate of drug-likeness (QED) is 0.748. The van der Waals surface area contributed by atoms with Gasteiger partial charge in [0.1, 0.15) is 11.0 Å². The molecule has 0 spiro atoms. The average molecular weight is 237 g/mol. The summed E-state index contributed by atoms with van der Waals surface area (Å²) in [6.07, 6.45) is 1.81. The van der Waals surface area contributed by atoms with E-state index in [1.165, 1.54) is 5.56 Å². The molecule has 0 saturated heterocycles. The third-order valence-electron chi connectivity index (χ3n) is 3.08. The van der Waals surface area contributed by atoms with Gasteiger partial charge in [0.25, 0.3) is 0 Å². The van der Waals surface area contributed by atoms with E-state index in [-0.39, 0.29) is 5.66 Å². The highest BCUT2D eigenvalue weighted by Crippen LogP contribution is 2.19. The van der Waals surface area contributed by atoms with Gasteiger partial charge in [-0.25, -0.2) is 0 Å². The van der Waals surface area contributed by atoms with Crippen LogP contribution < -0.4 is 10.7 Å². The number of fused-ring (bicyclic) bond motifs is 1. The molecule has 0 bridgehead atoms. The number of rotatable bonds is 1. The van der Waals surface area contributed by atoms with Crippen LogP contribution in [0.3, 0.4) is 0 Å². The molecule has 1 aromatic heterocycles. The molecule has 3 rings (SSSR count). The van der Waals surface area contributed by atoms with Crippen LogP contribution in [-0.2, 0) is 0 Å². The molecule has 0 amide bonds. The van der Waals surface area contributed by atoms with Gasteiger partial charge >= 0.3 is 0 Å². The van der Waals surface area contributed by atoms with Crippen molar-refractivity contribution in [2.45, 2.75) is 26.4 Å². The summed E-state index contributed by atoms with van der Waals surface area (Å²) >= 11 is 0. The Morgan fingerprint density at radius 2 is 1.78 bits per heavy atom. The van der Waals surface area contributed by atoms with Crippen LogP contribution >= 0.6 is 0 Å². The summed E-state index contributed by atoms with van der Waals surface area (Å²) in [5.41, 5.74) is 2.90. The maximum Gasteiger partial charge on any atom is 0.146 e. The molecule has 1 aliphatic rings. The first-order valence-electron chi connectivity index (χ1n) is 6.08. The molecule has 0 fully saturated rings. The fraction of sp³-hybridized carbons (Fsp3) is 0.267. The van der Waals surface area contributed by atoms with Gasteiger partial charge in [0.15, 0.2) is 0 Å². The minimum Gasteiger partial charge on any atom is -0.254 e. The van der Waals surface area contributed by atoms with Crippen LogP contribution in [0.1, 0.15) is 19.4 Å². The van der Waals surface area contributed by atoms with E-state index in [2.05, 4.69) is 34.0 Å². The Morgan fingerprint density at radius 1 is 1.00 bits per heavy atom. The second-order valence-corrected chi connectivity index (χ2v) is 5.06. The Bertz CT molecular complexity index is 730. The molecule has 3 nitrogen and oxygen atoms in total. The summed E-state index contributed by atoms with van der Waals surface area (Å²) < 4.78 is 0. The Morgan fingerprint density at radius 3 is 2.56 bits per heavy atom. The van der Waals surface area contributed by atoms with Crippen molar-refractivity contribution < 1.29 is 0 Å². The van der Waals surface area contributed by atoms with Crippen molar-refractivity contribution in [3.63, 3.8) is 0 Å². The highest BCUT2D eigenvalue weighted by molar-refractivity contribution is 5.62. The topological polar surface area (TPSA) is 37.6 Å². The highest BCUT2D eigenvalue weighted by Gasteiger charge is 2.20. The number of nitrogens with zero attached hydrogens (tertiary/aromatic N) is 3. The summed E-state index contributed by atoms with van der Waals surface area (Å²) in [4.78, 5) is 13.8. The average Bonchev–Trinajstić information content (AvgIpc) is 2.63. The van der Waals surface area contributed by atoms with Crippen molar-refractivity contribution in [2.75, 3.05) is 0 Å². The fourth-order valence-corrected chi connectivity index (χ4v) is 2.27. The second-order valence-electron chi connectivity index (χ2n) is 5.06. The van der Waals surface area contributed by atoms with E-state index < -0.39 is 0 Å². The van der Waals surface area contributed by atoms with Gasteiger partial charge in [-0.2, -0.15) is 0 Å². The van der Waals surface area contributed by atoms with E-state index in [9.17, 15) is 0 Å². The monoisotopic (exact) mass is 237 g/mol. The van der Waals surface area contributed by atoms with Gasteiger partial charge in [-0.1, -0.05) is 24.3 Å². The molecule has 0 saturated carbocycles. The van der Waals surface area contributed by atoms with Gasteiger partial charge in [0.05, 0.1) is 11.1 Å². The van der Waals surface area contributed by atoms with E-state index in [0.29, 0.717) is 0 Å². The van der Waals surface area contributed by atoms with Crippen LogP contribution in [0, 0.1) is 6.92 Å². The Balaban J connectivity index is 2.35. The molecule has 0 atom stereocenters. The van der Waals surface area contributed by atoms with E-state index >= 15 is 0 Å². The van der Waals surface area contributed by atoms with Crippen LogP contribution in [-0.4, -0.2) is 10.6 Å². The summed E-state index contributed by atoms with van der Waals surface area (Å²) in [5, 5.41) is 1.85. The molecule has 0 aliphatic carbocycles. The molecule has 0 N–H and O–H groups in total. The van der Waals surface area contributed by atoms with Crippen molar-refractivity contribution in [3.05, 3.63) is 52.8 Å². The van der Waals surface area contributed by atoms with E-state index in [0.717, 1.165) is 22.0 Å². The summed E-state index contributed by atoms with van der Waals surface area (Å²) in [5.74, 6) is 0. The van der Waals surface area contributed by atoms with Crippen LogP contribution in [0.5, 0.6) is 0 Å². The van der Waals surface area contributed by atoms with Crippen molar-refractivity contribution >= 4 is 0 Å². The number of aromatic nitrogens is 1. The Hall–Kier alpha value is -2.03. The summed E-state index contributed by atoms with van der Waals surface area (Å²) in [6.45, 7) is 6.11. The number of hydrogen-bond acceptors (Lipinski definition) is 3. The van der Waals surface area contributed by atoms with E-state index in [1.807, 2.05) is 32.0 Å². The molecule has 90 valence electrons. The molecule has 2 aromatic rings. The lowest BCUT2D eigenvalue weighted by Crippen LogP contribution is -2.25. The smallest absolute Gasteiger partial charge is 0.146 e. The largest absolute Gasteiger partial charge is 0.254 e. The van der Waals surface area contributed by atoms with Crippen molar-refractivity contribution in [1.82, 2.24) is 4.98 Å². The second kappa shape index (κ2) is 3.73. The van der Waals surface area contributed by atoms with Crippen LogP contribution in [0.25, 0.3) is 11.3 Å². The van der Waals surface area contributed by atoms with Crippen LogP contribution in [0.15, 0.2) is 46.5 Å². The highest BCUT2D eigenvalue weighted by atomic mass is 15.1. The third kappa shape index (κ3) is 1.72. The minimum absolute atomic E-state index is 0.372. The molecular weight excluding hydrogens is 222 g/mol. The molecule has 3 heteroatoms. The Kier molecular flexibility index (Phi) is 2.30. The van der Waals surface area contributed by atoms with Crippen LogP contribution in [0.4, 0.5) is 0 Å². The van der Waals surface area contributed by atoms with Crippen molar-refractivity contribution in [1.29, 1.82) is 0 Å². The van der Waals surface area contributed by atoms with Gasteiger partial charge in [0, 0.05) is 11.8 Å². The Labute approximate surface area is 106 Å². The van der Waals surface area contributed by atoms with E-state index in [1.54, 1.807) is 6.20 Å². The molecule has 1 aromatic carbocycles. The number of aryl methyl sites for hydroxylation is 1.